The molecular weight excluding hydrogens is 259 g/mol. The first-order valence-corrected chi connectivity index (χ1v) is 5.60. The SMILES string of the molecule is O=C(Nc1ccccc1)c1cc(Cl)cnc1Cl. The maximum absolute atomic E-state index is 11.9. The standard InChI is InChI=1S/C12H8Cl2N2O/c13-8-6-10(11(14)15-7-8)12(17)16-9-4-2-1-3-5-9/h1-7H,(H,16,17). The molecule has 0 unspecified atom stereocenters. The highest BCUT2D eigenvalue weighted by Gasteiger charge is 2.12. The molecular formula is C12H8Cl2N2O. The molecule has 0 saturated carbocycles. The van der Waals surface area contributed by atoms with E-state index in [9.17, 15) is 4.79 Å². The van der Waals surface area contributed by atoms with Gasteiger partial charge in [0.05, 0.1) is 10.6 Å². The molecule has 0 aliphatic carbocycles. The molecule has 17 heavy (non-hydrogen) atoms. The molecule has 2 rings (SSSR count). The molecule has 1 amide bonds. The second-order valence-corrected chi connectivity index (χ2v) is 4.11. The van der Waals surface area contributed by atoms with Gasteiger partial charge in [0.15, 0.2) is 0 Å². The number of hydrogen-bond donors (Lipinski definition) is 1. The summed E-state index contributed by atoms with van der Waals surface area (Å²) in [5.41, 5.74) is 0.941. The van der Waals surface area contributed by atoms with E-state index in [-0.39, 0.29) is 16.6 Å². The number of halogens is 2. The molecule has 1 N–H and O–H groups in total. The van der Waals surface area contributed by atoms with E-state index in [4.69, 9.17) is 23.2 Å². The van der Waals surface area contributed by atoms with Gasteiger partial charge in [0, 0.05) is 11.9 Å². The van der Waals surface area contributed by atoms with Crippen LogP contribution in [-0.4, -0.2) is 10.9 Å². The smallest absolute Gasteiger partial charge is 0.258 e. The van der Waals surface area contributed by atoms with Crippen LogP contribution >= 0.6 is 23.2 Å². The van der Waals surface area contributed by atoms with E-state index >= 15 is 0 Å². The highest BCUT2D eigenvalue weighted by atomic mass is 35.5. The van der Waals surface area contributed by atoms with Crippen molar-refractivity contribution in [3.8, 4) is 0 Å². The topological polar surface area (TPSA) is 42.0 Å². The Morgan fingerprint density at radius 1 is 1.18 bits per heavy atom. The van der Waals surface area contributed by atoms with Crippen molar-refractivity contribution in [1.29, 1.82) is 0 Å². The number of nitrogens with one attached hydrogen (secondary N) is 1. The van der Waals surface area contributed by atoms with Gasteiger partial charge < -0.3 is 5.32 Å². The molecule has 0 spiro atoms. The quantitative estimate of drug-likeness (QED) is 0.844. The van der Waals surface area contributed by atoms with Crippen molar-refractivity contribution in [2.24, 2.45) is 0 Å². The van der Waals surface area contributed by atoms with Gasteiger partial charge >= 0.3 is 0 Å². The molecule has 0 saturated heterocycles. The number of anilines is 1. The Morgan fingerprint density at radius 2 is 1.88 bits per heavy atom. The summed E-state index contributed by atoms with van der Waals surface area (Å²) in [4.78, 5) is 15.7. The molecule has 1 heterocycles. The zero-order valence-electron chi connectivity index (χ0n) is 8.65. The van der Waals surface area contributed by atoms with Crippen LogP contribution in [-0.2, 0) is 0 Å². The van der Waals surface area contributed by atoms with Crippen LogP contribution in [0, 0.1) is 0 Å². The first-order valence-electron chi connectivity index (χ1n) is 4.84. The van der Waals surface area contributed by atoms with Crippen LogP contribution in [0.1, 0.15) is 10.4 Å². The average molecular weight is 267 g/mol. The molecule has 2 aromatic rings. The zero-order valence-corrected chi connectivity index (χ0v) is 10.2. The van der Waals surface area contributed by atoms with Gasteiger partial charge in [0.2, 0.25) is 0 Å². The van der Waals surface area contributed by atoms with Crippen LogP contribution in [0.25, 0.3) is 0 Å². The largest absolute Gasteiger partial charge is 0.322 e. The van der Waals surface area contributed by atoms with Crippen molar-refractivity contribution >= 4 is 34.8 Å². The Labute approximate surface area is 108 Å². The lowest BCUT2D eigenvalue weighted by molar-refractivity contribution is 0.102. The molecule has 0 aliphatic rings. The minimum Gasteiger partial charge on any atom is -0.322 e. The van der Waals surface area contributed by atoms with E-state index in [2.05, 4.69) is 10.3 Å². The molecule has 0 radical (unpaired) electrons. The molecule has 0 bridgehead atoms. The number of carbonyl (C=O) groups is 1. The fourth-order valence-corrected chi connectivity index (χ4v) is 1.65. The Balaban J connectivity index is 2.23. The Kier molecular flexibility index (Phi) is 3.61. The van der Waals surface area contributed by atoms with Crippen LogP contribution in [0.5, 0.6) is 0 Å². The minimum absolute atomic E-state index is 0.128. The van der Waals surface area contributed by atoms with Crippen LogP contribution in [0.4, 0.5) is 5.69 Å². The van der Waals surface area contributed by atoms with Gasteiger partial charge in [-0.3, -0.25) is 4.79 Å². The third-order valence-electron chi connectivity index (χ3n) is 2.08. The summed E-state index contributed by atoms with van der Waals surface area (Å²) >= 11 is 11.6. The van der Waals surface area contributed by atoms with Crippen molar-refractivity contribution in [2.45, 2.75) is 0 Å². The summed E-state index contributed by atoms with van der Waals surface area (Å²) in [6, 6.07) is 10.6. The van der Waals surface area contributed by atoms with Gasteiger partial charge in [-0.05, 0) is 18.2 Å². The summed E-state index contributed by atoms with van der Waals surface area (Å²) in [6.45, 7) is 0. The van der Waals surface area contributed by atoms with E-state index in [0.717, 1.165) is 0 Å². The number of hydrogen-bond acceptors (Lipinski definition) is 2. The zero-order chi connectivity index (χ0) is 12.3. The van der Waals surface area contributed by atoms with E-state index in [1.807, 2.05) is 18.2 Å². The molecule has 0 fully saturated rings. The average Bonchev–Trinajstić information content (AvgIpc) is 2.33. The van der Waals surface area contributed by atoms with Crippen molar-refractivity contribution in [1.82, 2.24) is 4.98 Å². The van der Waals surface area contributed by atoms with Crippen molar-refractivity contribution in [2.75, 3.05) is 5.32 Å². The van der Waals surface area contributed by atoms with Gasteiger partial charge in [-0.1, -0.05) is 41.4 Å². The predicted molar refractivity (Wildman–Crippen MR) is 68.7 cm³/mol. The lowest BCUT2D eigenvalue weighted by atomic mass is 10.2. The number of benzene rings is 1. The predicted octanol–water partition coefficient (Wildman–Crippen LogP) is 3.64. The van der Waals surface area contributed by atoms with Crippen molar-refractivity contribution in [3.05, 3.63) is 58.3 Å². The van der Waals surface area contributed by atoms with Crippen molar-refractivity contribution < 1.29 is 4.79 Å². The summed E-state index contributed by atoms with van der Waals surface area (Å²) in [6.07, 6.45) is 1.39. The van der Waals surface area contributed by atoms with Gasteiger partial charge in [-0.25, -0.2) is 4.98 Å². The first-order chi connectivity index (χ1) is 8.16. The fraction of sp³-hybridized carbons (Fsp3) is 0. The lowest BCUT2D eigenvalue weighted by Crippen LogP contribution is -2.12. The number of carbonyl (C=O) groups excluding carboxylic acids is 1. The van der Waals surface area contributed by atoms with Crippen LogP contribution in [0.2, 0.25) is 10.2 Å². The normalized spacial score (nSPS) is 10.0. The Hall–Kier alpha value is -1.58. The van der Waals surface area contributed by atoms with Crippen LogP contribution in [0.15, 0.2) is 42.6 Å². The van der Waals surface area contributed by atoms with Gasteiger partial charge in [-0.2, -0.15) is 0 Å². The number of pyridine rings is 1. The molecule has 3 nitrogen and oxygen atoms in total. The summed E-state index contributed by atoms with van der Waals surface area (Å²) < 4.78 is 0. The molecule has 0 atom stereocenters. The summed E-state index contributed by atoms with van der Waals surface area (Å²) in [7, 11) is 0. The van der Waals surface area contributed by atoms with Crippen LogP contribution in [0.3, 0.4) is 0 Å². The second kappa shape index (κ2) is 5.17. The molecule has 5 heteroatoms. The number of nitrogens with zero attached hydrogens (tertiary/aromatic N) is 1. The maximum atomic E-state index is 11.9. The van der Waals surface area contributed by atoms with E-state index in [0.29, 0.717) is 10.7 Å². The first kappa shape index (κ1) is 11.9. The number of aromatic nitrogens is 1. The summed E-state index contributed by atoms with van der Waals surface area (Å²) in [5.74, 6) is -0.337. The maximum Gasteiger partial charge on any atom is 0.258 e. The third kappa shape index (κ3) is 2.96. The van der Waals surface area contributed by atoms with E-state index in [1.165, 1.54) is 12.3 Å². The molecule has 1 aromatic carbocycles. The lowest BCUT2D eigenvalue weighted by Gasteiger charge is -2.06. The molecule has 0 aliphatic heterocycles. The number of para-hydroxylation sites is 1. The third-order valence-corrected chi connectivity index (χ3v) is 2.59. The van der Waals surface area contributed by atoms with Crippen molar-refractivity contribution in [3.63, 3.8) is 0 Å². The Morgan fingerprint density at radius 3 is 2.59 bits per heavy atom. The van der Waals surface area contributed by atoms with Crippen LogP contribution < -0.4 is 5.32 Å². The highest BCUT2D eigenvalue weighted by Crippen LogP contribution is 2.19. The minimum atomic E-state index is -0.337. The van der Waals surface area contributed by atoms with Gasteiger partial charge in [0.1, 0.15) is 5.15 Å². The fourth-order valence-electron chi connectivity index (χ4n) is 1.30. The number of rotatable bonds is 2. The van der Waals surface area contributed by atoms with E-state index < -0.39 is 0 Å². The molecule has 1 aromatic heterocycles. The van der Waals surface area contributed by atoms with Gasteiger partial charge in [0.25, 0.3) is 5.91 Å². The highest BCUT2D eigenvalue weighted by molar-refractivity contribution is 6.35. The monoisotopic (exact) mass is 266 g/mol. The summed E-state index contributed by atoms with van der Waals surface area (Å²) in [5, 5.41) is 3.20. The molecule has 86 valence electrons. The Bertz CT molecular complexity index is 543. The van der Waals surface area contributed by atoms with Gasteiger partial charge in [-0.15, -0.1) is 0 Å². The van der Waals surface area contributed by atoms with E-state index in [1.54, 1.807) is 12.1 Å². The number of amides is 1. The second-order valence-electron chi connectivity index (χ2n) is 3.31.